The second-order valence-electron chi connectivity index (χ2n) is 4.83. The van der Waals surface area contributed by atoms with E-state index in [1.165, 1.54) is 6.92 Å². The molecule has 0 heterocycles. The monoisotopic (exact) mass is 290 g/mol. The highest BCUT2D eigenvalue weighted by Crippen LogP contribution is 2.22. The standard InChI is InChI=1S/C16H16F2N2O/c1-9-4-5-11(14(6-9)19-3)16(21)20-15-8-12(17)10(2)7-13(15)18/h4-8,19H,1-3H3,(H,20,21). The number of rotatable bonds is 3. The van der Waals surface area contributed by atoms with E-state index in [9.17, 15) is 13.6 Å². The van der Waals surface area contributed by atoms with Gasteiger partial charge in [-0.15, -0.1) is 0 Å². The minimum Gasteiger partial charge on any atom is -0.387 e. The van der Waals surface area contributed by atoms with E-state index in [0.717, 1.165) is 17.7 Å². The summed E-state index contributed by atoms with van der Waals surface area (Å²) in [6.45, 7) is 3.36. The molecular weight excluding hydrogens is 274 g/mol. The maximum Gasteiger partial charge on any atom is 0.257 e. The Balaban J connectivity index is 2.32. The molecule has 3 nitrogen and oxygen atoms in total. The molecular formula is C16H16F2N2O. The first-order chi connectivity index (χ1) is 9.92. The number of benzene rings is 2. The van der Waals surface area contributed by atoms with Crippen molar-refractivity contribution in [1.82, 2.24) is 0 Å². The van der Waals surface area contributed by atoms with Crippen LogP contribution in [0.1, 0.15) is 21.5 Å². The summed E-state index contributed by atoms with van der Waals surface area (Å²) >= 11 is 0. The second kappa shape index (κ2) is 5.91. The van der Waals surface area contributed by atoms with Crippen molar-refractivity contribution in [2.75, 3.05) is 17.7 Å². The quantitative estimate of drug-likeness (QED) is 0.900. The molecule has 5 heteroatoms. The number of amides is 1. The third-order valence-corrected chi connectivity index (χ3v) is 3.19. The highest BCUT2D eigenvalue weighted by molar-refractivity contribution is 6.08. The fourth-order valence-electron chi connectivity index (χ4n) is 1.99. The molecule has 1 amide bonds. The predicted molar refractivity (Wildman–Crippen MR) is 79.8 cm³/mol. The minimum atomic E-state index is -0.666. The summed E-state index contributed by atoms with van der Waals surface area (Å²) in [5, 5.41) is 5.30. The van der Waals surface area contributed by atoms with Crippen LogP contribution in [0.2, 0.25) is 0 Å². The van der Waals surface area contributed by atoms with Crippen LogP contribution < -0.4 is 10.6 Å². The Hall–Kier alpha value is -2.43. The number of carbonyl (C=O) groups is 1. The van der Waals surface area contributed by atoms with Gasteiger partial charge in [0, 0.05) is 18.8 Å². The van der Waals surface area contributed by atoms with Gasteiger partial charge < -0.3 is 10.6 Å². The van der Waals surface area contributed by atoms with Crippen molar-refractivity contribution in [2.45, 2.75) is 13.8 Å². The van der Waals surface area contributed by atoms with Gasteiger partial charge in [0.25, 0.3) is 5.91 Å². The van der Waals surface area contributed by atoms with Gasteiger partial charge in [-0.1, -0.05) is 6.07 Å². The average molecular weight is 290 g/mol. The zero-order valence-corrected chi connectivity index (χ0v) is 12.1. The van der Waals surface area contributed by atoms with E-state index in [1.807, 2.05) is 6.92 Å². The van der Waals surface area contributed by atoms with Crippen molar-refractivity contribution >= 4 is 17.3 Å². The molecule has 0 aliphatic heterocycles. The number of nitrogens with one attached hydrogen (secondary N) is 2. The molecule has 0 atom stereocenters. The van der Waals surface area contributed by atoms with Crippen LogP contribution in [0.15, 0.2) is 30.3 Å². The summed E-state index contributed by atoms with van der Waals surface area (Å²) in [6, 6.07) is 7.26. The number of anilines is 2. The molecule has 0 spiro atoms. The molecule has 0 saturated heterocycles. The topological polar surface area (TPSA) is 41.1 Å². The molecule has 0 aliphatic rings. The largest absolute Gasteiger partial charge is 0.387 e. The molecule has 2 N–H and O–H groups in total. The lowest BCUT2D eigenvalue weighted by Crippen LogP contribution is -2.15. The van der Waals surface area contributed by atoms with Crippen LogP contribution >= 0.6 is 0 Å². The number of halogens is 2. The molecule has 0 saturated carbocycles. The maximum absolute atomic E-state index is 13.8. The Labute approximate surface area is 122 Å². The third-order valence-electron chi connectivity index (χ3n) is 3.19. The lowest BCUT2D eigenvalue weighted by atomic mass is 10.1. The van der Waals surface area contributed by atoms with Crippen molar-refractivity contribution in [2.24, 2.45) is 0 Å². The van der Waals surface area contributed by atoms with Crippen LogP contribution in [0.3, 0.4) is 0 Å². The van der Waals surface area contributed by atoms with Gasteiger partial charge in [-0.05, 0) is 43.2 Å². The maximum atomic E-state index is 13.8. The van der Waals surface area contributed by atoms with Gasteiger partial charge in [-0.25, -0.2) is 8.78 Å². The molecule has 110 valence electrons. The van der Waals surface area contributed by atoms with Gasteiger partial charge >= 0.3 is 0 Å². The van der Waals surface area contributed by atoms with E-state index < -0.39 is 17.5 Å². The van der Waals surface area contributed by atoms with Gasteiger partial charge in [0.05, 0.1) is 11.3 Å². The van der Waals surface area contributed by atoms with Crippen molar-refractivity contribution in [3.05, 3.63) is 58.7 Å². The first-order valence-corrected chi connectivity index (χ1v) is 6.47. The van der Waals surface area contributed by atoms with Gasteiger partial charge in [0.1, 0.15) is 11.6 Å². The second-order valence-corrected chi connectivity index (χ2v) is 4.83. The van der Waals surface area contributed by atoms with Gasteiger partial charge in [0.15, 0.2) is 0 Å². The fraction of sp³-hybridized carbons (Fsp3) is 0.188. The Bertz CT molecular complexity index is 699. The normalized spacial score (nSPS) is 10.3. The molecule has 2 aromatic carbocycles. The summed E-state index contributed by atoms with van der Waals surface area (Å²) in [4.78, 5) is 12.2. The number of hydrogen-bond acceptors (Lipinski definition) is 2. The van der Waals surface area contributed by atoms with E-state index in [2.05, 4.69) is 10.6 Å². The minimum absolute atomic E-state index is 0.175. The summed E-state index contributed by atoms with van der Waals surface area (Å²) < 4.78 is 27.2. The Morgan fingerprint density at radius 3 is 2.38 bits per heavy atom. The van der Waals surface area contributed by atoms with Gasteiger partial charge in [-0.3, -0.25) is 4.79 Å². The molecule has 2 aromatic rings. The fourth-order valence-corrected chi connectivity index (χ4v) is 1.99. The van der Waals surface area contributed by atoms with Crippen molar-refractivity contribution in [3.8, 4) is 0 Å². The highest BCUT2D eigenvalue weighted by atomic mass is 19.1. The number of carbonyl (C=O) groups excluding carboxylic acids is 1. The van der Waals surface area contributed by atoms with Crippen LogP contribution in [0.5, 0.6) is 0 Å². The Morgan fingerprint density at radius 2 is 1.71 bits per heavy atom. The van der Waals surface area contributed by atoms with E-state index >= 15 is 0 Å². The zero-order valence-electron chi connectivity index (χ0n) is 12.1. The lowest BCUT2D eigenvalue weighted by molar-refractivity contribution is 0.102. The first-order valence-electron chi connectivity index (χ1n) is 6.47. The highest BCUT2D eigenvalue weighted by Gasteiger charge is 2.14. The van der Waals surface area contributed by atoms with Crippen molar-refractivity contribution in [1.29, 1.82) is 0 Å². The SMILES string of the molecule is CNc1cc(C)ccc1C(=O)Nc1cc(F)c(C)cc1F. The van der Waals surface area contributed by atoms with E-state index in [0.29, 0.717) is 11.3 Å². The molecule has 0 unspecified atom stereocenters. The van der Waals surface area contributed by atoms with E-state index in [4.69, 9.17) is 0 Å². The molecule has 0 bridgehead atoms. The van der Waals surface area contributed by atoms with E-state index in [-0.39, 0.29) is 11.3 Å². The smallest absolute Gasteiger partial charge is 0.257 e. The summed E-state index contributed by atoms with van der Waals surface area (Å²) in [6.07, 6.45) is 0. The first kappa shape index (κ1) is 15.0. The van der Waals surface area contributed by atoms with Gasteiger partial charge in [0.2, 0.25) is 0 Å². The zero-order chi connectivity index (χ0) is 15.6. The summed E-state index contributed by atoms with van der Waals surface area (Å²) in [5.74, 6) is -1.73. The molecule has 0 aromatic heterocycles. The summed E-state index contributed by atoms with van der Waals surface area (Å²) in [5.41, 5.74) is 2.00. The van der Waals surface area contributed by atoms with Crippen LogP contribution in [-0.4, -0.2) is 13.0 Å². The van der Waals surface area contributed by atoms with Crippen LogP contribution in [-0.2, 0) is 0 Å². The van der Waals surface area contributed by atoms with Crippen LogP contribution in [0.4, 0.5) is 20.2 Å². The van der Waals surface area contributed by atoms with Crippen LogP contribution in [0, 0.1) is 25.5 Å². The van der Waals surface area contributed by atoms with E-state index in [1.54, 1.807) is 25.2 Å². The molecule has 0 fully saturated rings. The molecule has 21 heavy (non-hydrogen) atoms. The predicted octanol–water partition coefficient (Wildman–Crippen LogP) is 3.88. The lowest BCUT2D eigenvalue weighted by Gasteiger charge is -2.12. The molecule has 0 aliphatic carbocycles. The Kier molecular flexibility index (Phi) is 4.21. The van der Waals surface area contributed by atoms with Gasteiger partial charge in [-0.2, -0.15) is 0 Å². The van der Waals surface area contributed by atoms with Crippen molar-refractivity contribution in [3.63, 3.8) is 0 Å². The summed E-state index contributed by atoms with van der Waals surface area (Å²) in [7, 11) is 1.69. The third kappa shape index (κ3) is 3.18. The molecule has 0 radical (unpaired) electrons. The van der Waals surface area contributed by atoms with Crippen molar-refractivity contribution < 1.29 is 13.6 Å². The molecule has 2 rings (SSSR count). The number of aryl methyl sites for hydroxylation is 2. The Morgan fingerprint density at radius 1 is 1.00 bits per heavy atom. The average Bonchev–Trinajstić information content (AvgIpc) is 2.44. The van der Waals surface area contributed by atoms with Crippen LogP contribution in [0.25, 0.3) is 0 Å². The number of hydrogen-bond donors (Lipinski definition) is 2.